The average Bonchev–Trinajstić information content (AvgIpc) is 3.11. The van der Waals surface area contributed by atoms with Crippen LogP contribution in [0.15, 0.2) is 59.7 Å². The highest BCUT2D eigenvalue weighted by Crippen LogP contribution is 2.33. The number of anilines is 1. The van der Waals surface area contributed by atoms with Crippen molar-refractivity contribution in [2.24, 2.45) is 5.10 Å². The van der Waals surface area contributed by atoms with Crippen LogP contribution < -0.4 is 9.83 Å². The molecule has 0 aromatic heterocycles. The van der Waals surface area contributed by atoms with Crippen molar-refractivity contribution in [2.45, 2.75) is 25.3 Å². The molecule has 1 N–H and O–H groups in total. The molecule has 0 saturated heterocycles. The van der Waals surface area contributed by atoms with Crippen LogP contribution in [-0.4, -0.2) is 37.3 Å². The third-order valence-electron chi connectivity index (χ3n) is 4.41. The summed E-state index contributed by atoms with van der Waals surface area (Å²) in [5, 5.41) is 16.5. The van der Waals surface area contributed by atoms with Gasteiger partial charge >= 0.3 is 0 Å². The van der Waals surface area contributed by atoms with Crippen LogP contribution in [0, 0.1) is 0 Å². The molecule has 0 aliphatic carbocycles. The minimum atomic E-state index is -3.37. The molecule has 0 spiro atoms. The lowest BCUT2D eigenvalue weighted by Gasteiger charge is -2.22. The van der Waals surface area contributed by atoms with Gasteiger partial charge in [0.1, 0.15) is 0 Å². The first-order valence-electron chi connectivity index (χ1n) is 8.95. The van der Waals surface area contributed by atoms with Gasteiger partial charge in [-0.3, -0.25) is 9.52 Å². The summed E-state index contributed by atoms with van der Waals surface area (Å²) in [6, 6.07) is 15.7. The fourth-order valence-electron chi connectivity index (χ4n) is 3.12. The van der Waals surface area contributed by atoms with Gasteiger partial charge in [-0.15, -0.1) is 0 Å². The summed E-state index contributed by atoms with van der Waals surface area (Å²) in [6.45, 7) is 0. The quantitative estimate of drug-likeness (QED) is 0.732. The Labute approximate surface area is 168 Å². The topological polar surface area (TPSA) is 119 Å². The Morgan fingerprint density at radius 3 is 2.34 bits per heavy atom. The molecule has 0 unspecified atom stereocenters. The van der Waals surface area contributed by atoms with E-state index in [2.05, 4.69) is 9.82 Å². The van der Waals surface area contributed by atoms with E-state index in [0.29, 0.717) is 17.8 Å². The second-order valence-electron chi connectivity index (χ2n) is 6.74. The van der Waals surface area contributed by atoms with Gasteiger partial charge in [0.25, 0.3) is 0 Å². The van der Waals surface area contributed by atoms with Crippen molar-refractivity contribution in [3.05, 3.63) is 65.7 Å². The largest absolute Gasteiger partial charge is 0.550 e. The molecule has 9 heteroatoms. The van der Waals surface area contributed by atoms with Crippen molar-refractivity contribution < 1.29 is 23.1 Å². The van der Waals surface area contributed by atoms with Gasteiger partial charge in [0.2, 0.25) is 15.9 Å². The van der Waals surface area contributed by atoms with E-state index in [9.17, 15) is 23.1 Å². The molecule has 2 aromatic carbocycles. The number of hydrogen-bond acceptors (Lipinski definition) is 6. The molecule has 8 nitrogen and oxygen atoms in total. The van der Waals surface area contributed by atoms with Gasteiger partial charge in [-0.25, -0.2) is 13.4 Å². The summed E-state index contributed by atoms with van der Waals surface area (Å²) in [7, 11) is -3.37. The first kappa shape index (κ1) is 20.5. The van der Waals surface area contributed by atoms with E-state index >= 15 is 0 Å². The molecule has 3 rings (SSSR count). The summed E-state index contributed by atoms with van der Waals surface area (Å²) in [5.74, 6) is -1.68. The van der Waals surface area contributed by atoms with Gasteiger partial charge in [-0.2, -0.15) is 5.10 Å². The predicted molar refractivity (Wildman–Crippen MR) is 106 cm³/mol. The summed E-state index contributed by atoms with van der Waals surface area (Å²) in [5.41, 5.74) is 2.73. The number of hydrazone groups is 1. The Balaban J connectivity index is 1.86. The van der Waals surface area contributed by atoms with E-state index in [-0.39, 0.29) is 18.9 Å². The standard InChI is InChI=1S/C20H21N3O5S/c1-29(27,28)22-16-9-7-14(8-10-16)17-13-18(15-5-3-2-4-6-15)23(21-17)19(24)11-12-20(25)26/h2-10,18,22H,11-13H2,1H3,(H,25,26)/p-1/t18-/m1/s1. The summed E-state index contributed by atoms with van der Waals surface area (Å²) >= 11 is 0. The molecule has 1 heterocycles. The second kappa shape index (κ2) is 8.44. The minimum absolute atomic E-state index is 0.195. The van der Waals surface area contributed by atoms with Crippen molar-refractivity contribution in [1.82, 2.24) is 5.01 Å². The maximum absolute atomic E-state index is 12.6. The van der Waals surface area contributed by atoms with Gasteiger partial charge in [-0.05, 0) is 29.7 Å². The van der Waals surface area contributed by atoms with E-state index < -0.39 is 21.9 Å². The minimum Gasteiger partial charge on any atom is -0.550 e. The van der Waals surface area contributed by atoms with Crippen molar-refractivity contribution in [2.75, 3.05) is 11.0 Å². The zero-order chi connectivity index (χ0) is 21.0. The lowest BCUT2D eigenvalue weighted by Crippen LogP contribution is -2.29. The molecule has 0 saturated carbocycles. The van der Waals surface area contributed by atoms with Crippen molar-refractivity contribution >= 4 is 33.3 Å². The van der Waals surface area contributed by atoms with Crippen LogP contribution >= 0.6 is 0 Å². The highest BCUT2D eigenvalue weighted by Gasteiger charge is 2.32. The zero-order valence-electron chi connectivity index (χ0n) is 15.7. The molecule has 29 heavy (non-hydrogen) atoms. The molecule has 152 valence electrons. The Morgan fingerprint density at radius 1 is 1.10 bits per heavy atom. The third kappa shape index (κ3) is 5.41. The molecule has 1 aliphatic heterocycles. The van der Waals surface area contributed by atoms with E-state index in [0.717, 1.165) is 17.4 Å². The second-order valence-corrected chi connectivity index (χ2v) is 8.49. The van der Waals surface area contributed by atoms with Crippen LogP contribution in [-0.2, 0) is 19.6 Å². The number of nitrogens with one attached hydrogen (secondary N) is 1. The fraction of sp³-hybridized carbons (Fsp3) is 0.250. The van der Waals surface area contributed by atoms with Crippen LogP contribution in [0.1, 0.15) is 36.4 Å². The van der Waals surface area contributed by atoms with Gasteiger partial charge in [0, 0.05) is 24.5 Å². The Morgan fingerprint density at radius 2 is 1.76 bits per heavy atom. The first-order chi connectivity index (χ1) is 13.7. The SMILES string of the molecule is CS(=O)(=O)Nc1ccc(C2=NN(C(=O)CCC(=O)[O-])[C@@H](c3ccccc3)C2)cc1. The van der Waals surface area contributed by atoms with Crippen molar-refractivity contribution in [1.29, 1.82) is 0 Å². The maximum Gasteiger partial charge on any atom is 0.243 e. The highest BCUT2D eigenvalue weighted by molar-refractivity contribution is 7.92. The average molecular weight is 414 g/mol. The molecule has 0 radical (unpaired) electrons. The van der Waals surface area contributed by atoms with E-state index in [1.165, 1.54) is 5.01 Å². The lowest BCUT2D eigenvalue weighted by molar-refractivity contribution is -0.305. The number of carbonyl (C=O) groups is 2. The van der Waals surface area contributed by atoms with Crippen LogP contribution in [0.4, 0.5) is 5.69 Å². The van der Waals surface area contributed by atoms with Gasteiger partial charge in [0.15, 0.2) is 0 Å². The third-order valence-corrected chi connectivity index (χ3v) is 5.02. The highest BCUT2D eigenvalue weighted by atomic mass is 32.2. The van der Waals surface area contributed by atoms with Gasteiger partial charge in [0.05, 0.1) is 18.0 Å². The van der Waals surface area contributed by atoms with Crippen LogP contribution in [0.5, 0.6) is 0 Å². The predicted octanol–water partition coefficient (Wildman–Crippen LogP) is 1.27. The summed E-state index contributed by atoms with van der Waals surface area (Å²) in [6.07, 6.45) is 0.968. The molecule has 0 fully saturated rings. The zero-order valence-corrected chi connectivity index (χ0v) is 16.6. The number of aliphatic carboxylic acids is 1. The molecule has 1 amide bonds. The molecule has 1 atom stereocenters. The lowest BCUT2D eigenvalue weighted by atomic mass is 9.98. The number of nitrogens with zero attached hydrogens (tertiary/aromatic N) is 2. The van der Waals surface area contributed by atoms with Crippen molar-refractivity contribution in [3.8, 4) is 0 Å². The Bertz CT molecular complexity index is 1030. The normalized spacial score (nSPS) is 16.4. The molecular weight excluding hydrogens is 394 g/mol. The van der Waals surface area contributed by atoms with E-state index in [1.54, 1.807) is 24.3 Å². The number of benzene rings is 2. The van der Waals surface area contributed by atoms with Crippen molar-refractivity contribution in [3.63, 3.8) is 0 Å². The number of sulfonamides is 1. The first-order valence-corrected chi connectivity index (χ1v) is 10.8. The van der Waals surface area contributed by atoms with Crippen LogP contribution in [0.3, 0.4) is 0 Å². The Kier molecular flexibility index (Phi) is 5.97. The summed E-state index contributed by atoms with van der Waals surface area (Å²) in [4.78, 5) is 23.3. The summed E-state index contributed by atoms with van der Waals surface area (Å²) < 4.78 is 25.1. The maximum atomic E-state index is 12.6. The fourth-order valence-corrected chi connectivity index (χ4v) is 3.68. The van der Waals surface area contributed by atoms with Crippen LogP contribution in [0.25, 0.3) is 0 Å². The molecular formula is C20H20N3O5S-. The number of rotatable bonds is 7. The number of carbonyl (C=O) groups excluding carboxylic acids is 2. The van der Waals surface area contributed by atoms with Crippen LogP contribution in [0.2, 0.25) is 0 Å². The molecule has 1 aliphatic rings. The number of hydrogen-bond donors (Lipinski definition) is 1. The van der Waals surface area contributed by atoms with Gasteiger partial charge < -0.3 is 9.90 Å². The number of amides is 1. The molecule has 0 bridgehead atoms. The Hall–Kier alpha value is -3.20. The number of carboxylic acids is 1. The van der Waals surface area contributed by atoms with E-state index in [1.807, 2.05) is 30.3 Å². The molecule has 2 aromatic rings. The van der Waals surface area contributed by atoms with E-state index in [4.69, 9.17) is 0 Å². The smallest absolute Gasteiger partial charge is 0.243 e. The monoisotopic (exact) mass is 414 g/mol. The number of carboxylic acid groups (broad SMARTS) is 1. The van der Waals surface area contributed by atoms with Gasteiger partial charge in [-0.1, -0.05) is 42.5 Å².